The molecular weight excluding hydrogens is 294 g/mol. The number of aryl methyl sites for hydroxylation is 1. The highest BCUT2D eigenvalue weighted by molar-refractivity contribution is 6.02. The first kappa shape index (κ1) is 14.8. The number of nitrogens with one attached hydrogen (secondary N) is 1. The Morgan fingerprint density at radius 1 is 1.26 bits per heavy atom. The third kappa shape index (κ3) is 3.06. The summed E-state index contributed by atoms with van der Waals surface area (Å²) in [4.78, 5) is 11.8. The number of benzene rings is 2. The molecule has 1 amide bonds. The minimum atomic E-state index is -0.420. The van der Waals surface area contributed by atoms with Crippen molar-refractivity contribution < 1.29 is 14.1 Å². The Kier molecular flexibility index (Phi) is 4.05. The molecule has 0 aliphatic rings. The Hall–Kier alpha value is -3.15. The van der Waals surface area contributed by atoms with E-state index >= 15 is 0 Å². The Labute approximate surface area is 132 Å². The van der Waals surface area contributed by atoms with Crippen molar-refractivity contribution in [3.8, 4) is 5.75 Å². The number of rotatable bonds is 4. The van der Waals surface area contributed by atoms with Crippen LogP contribution < -0.4 is 10.2 Å². The van der Waals surface area contributed by atoms with Gasteiger partial charge in [-0.25, -0.2) is 5.43 Å². The predicted octanol–water partition coefficient (Wildman–Crippen LogP) is 2.91. The Balaban J connectivity index is 1.83. The van der Waals surface area contributed by atoms with Crippen molar-refractivity contribution in [3.63, 3.8) is 0 Å². The van der Waals surface area contributed by atoms with Crippen LogP contribution in [0.25, 0.3) is 10.8 Å². The minimum absolute atomic E-state index is 0.194. The Morgan fingerprint density at radius 2 is 2.04 bits per heavy atom. The molecule has 116 valence electrons. The van der Waals surface area contributed by atoms with Crippen LogP contribution >= 0.6 is 0 Å². The number of fused-ring (bicyclic) bond motifs is 1. The molecule has 6 heteroatoms. The quantitative estimate of drug-likeness (QED) is 0.594. The molecule has 3 aromatic rings. The summed E-state index contributed by atoms with van der Waals surface area (Å²) in [7, 11) is 1.63. The summed E-state index contributed by atoms with van der Waals surface area (Å²) in [5.74, 6) is 0.941. The van der Waals surface area contributed by atoms with E-state index in [1.54, 1.807) is 26.3 Å². The van der Waals surface area contributed by atoms with Gasteiger partial charge in [-0.05, 0) is 24.4 Å². The third-order valence-electron chi connectivity index (χ3n) is 3.37. The second kappa shape index (κ2) is 6.31. The molecule has 3 rings (SSSR count). The Bertz CT molecular complexity index is 884. The molecule has 0 saturated heterocycles. The highest BCUT2D eigenvalue weighted by Crippen LogP contribution is 2.27. The van der Waals surface area contributed by atoms with Crippen LogP contribution in [-0.2, 0) is 0 Å². The second-order valence-electron chi connectivity index (χ2n) is 4.92. The van der Waals surface area contributed by atoms with Crippen molar-refractivity contribution in [3.05, 3.63) is 59.5 Å². The zero-order valence-corrected chi connectivity index (χ0v) is 12.7. The van der Waals surface area contributed by atoms with Gasteiger partial charge in [0.15, 0.2) is 5.69 Å². The SMILES string of the molecule is COc1ccc(/C=N\NC(=O)c2cc(C)on2)c2ccccc12. The monoisotopic (exact) mass is 309 g/mol. The topological polar surface area (TPSA) is 76.7 Å². The van der Waals surface area contributed by atoms with Crippen molar-refractivity contribution >= 4 is 22.9 Å². The largest absolute Gasteiger partial charge is 0.496 e. The third-order valence-corrected chi connectivity index (χ3v) is 3.37. The number of nitrogens with zero attached hydrogens (tertiary/aromatic N) is 2. The summed E-state index contributed by atoms with van der Waals surface area (Å²) in [6.45, 7) is 1.72. The van der Waals surface area contributed by atoms with Crippen LogP contribution in [0.15, 0.2) is 52.1 Å². The van der Waals surface area contributed by atoms with E-state index in [1.807, 2.05) is 36.4 Å². The van der Waals surface area contributed by atoms with Gasteiger partial charge in [-0.3, -0.25) is 4.79 Å². The van der Waals surface area contributed by atoms with Gasteiger partial charge < -0.3 is 9.26 Å². The zero-order chi connectivity index (χ0) is 16.2. The number of hydrogen-bond acceptors (Lipinski definition) is 5. The molecule has 0 saturated carbocycles. The van der Waals surface area contributed by atoms with Crippen molar-refractivity contribution in [2.45, 2.75) is 6.92 Å². The molecule has 1 aromatic heterocycles. The van der Waals surface area contributed by atoms with Gasteiger partial charge in [-0.15, -0.1) is 0 Å². The van der Waals surface area contributed by atoms with Gasteiger partial charge in [-0.2, -0.15) is 5.10 Å². The van der Waals surface area contributed by atoms with E-state index in [2.05, 4.69) is 15.7 Å². The first-order valence-corrected chi connectivity index (χ1v) is 7.01. The van der Waals surface area contributed by atoms with Crippen LogP contribution in [0.3, 0.4) is 0 Å². The summed E-state index contributed by atoms with van der Waals surface area (Å²) in [6, 6.07) is 13.1. The molecule has 0 spiro atoms. The number of hydrogen-bond donors (Lipinski definition) is 1. The number of carbonyl (C=O) groups excluding carboxylic acids is 1. The molecular formula is C17H15N3O3. The first-order valence-electron chi connectivity index (χ1n) is 7.01. The second-order valence-corrected chi connectivity index (χ2v) is 4.92. The summed E-state index contributed by atoms with van der Waals surface area (Å²) in [5.41, 5.74) is 3.50. The average Bonchev–Trinajstić information content (AvgIpc) is 3.01. The molecule has 2 aromatic carbocycles. The molecule has 0 unspecified atom stereocenters. The number of amides is 1. The molecule has 0 aliphatic heterocycles. The van der Waals surface area contributed by atoms with Gasteiger partial charge in [0.2, 0.25) is 0 Å². The van der Waals surface area contributed by atoms with Crippen LogP contribution in [0.5, 0.6) is 5.75 Å². The van der Waals surface area contributed by atoms with Crippen LogP contribution in [0.1, 0.15) is 21.8 Å². The maximum absolute atomic E-state index is 11.8. The normalized spacial score (nSPS) is 11.0. The van der Waals surface area contributed by atoms with E-state index in [1.165, 1.54) is 0 Å². The summed E-state index contributed by atoms with van der Waals surface area (Å²) >= 11 is 0. The van der Waals surface area contributed by atoms with Crippen molar-refractivity contribution in [1.29, 1.82) is 0 Å². The summed E-state index contributed by atoms with van der Waals surface area (Å²) in [6.07, 6.45) is 1.59. The molecule has 23 heavy (non-hydrogen) atoms. The summed E-state index contributed by atoms with van der Waals surface area (Å²) in [5, 5.41) is 9.59. The van der Waals surface area contributed by atoms with Gasteiger partial charge >= 0.3 is 0 Å². The molecule has 0 bridgehead atoms. The molecule has 1 N–H and O–H groups in total. The zero-order valence-electron chi connectivity index (χ0n) is 12.7. The van der Waals surface area contributed by atoms with E-state index in [-0.39, 0.29) is 5.69 Å². The summed E-state index contributed by atoms with van der Waals surface area (Å²) < 4.78 is 10.2. The van der Waals surface area contributed by atoms with Crippen LogP contribution in [0, 0.1) is 6.92 Å². The van der Waals surface area contributed by atoms with E-state index < -0.39 is 5.91 Å². The Morgan fingerprint density at radius 3 is 2.74 bits per heavy atom. The fraction of sp³-hybridized carbons (Fsp3) is 0.118. The van der Waals surface area contributed by atoms with Gasteiger partial charge in [0, 0.05) is 17.0 Å². The smallest absolute Gasteiger partial charge is 0.293 e. The van der Waals surface area contributed by atoms with Crippen LogP contribution in [0.2, 0.25) is 0 Å². The lowest BCUT2D eigenvalue weighted by atomic mass is 10.0. The molecule has 0 fully saturated rings. The van der Waals surface area contributed by atoms with E-state index in [0.29, 0.717) is 5.76 Å². The van der Waals surface area contributed by atoms with Crippen LogP contribution in [0.4, 0.5) is 0 Å². The molecule has 1 heterocycles. The van der Waals surface area contributed by atoms with E-state index in [9.17, 15) is 4.79 Å². The average molecular weight is 309 g/mol. The number of aromatic nitrogens is 1. The highest BCUT2D eigenvalue weighted by Gasteiger charge is 2.09. The lowest BCUT2D eigenvalue weighted by molar-refractivity contribution is 0.0946. The maximum Gasteiger partial charge on any atom is 0.293 e. The molecule has 6 nitrogen and oxygen atoms in total. The van der Waals surface area contributed by atoms with Crippen molar-refractivity contribution in [2.75, 3.05) is 7.11 Å². The van der Waals surface area contributed by atoms with E-state index in [0.717, 1.165) is 22.1 Å². The van der Waals surface area contributed by atoms with Crippen molar-refractivity contribution in [2.24, 2.45) is 5.10 Å². The van der Waals surface area contributed by atoms with Gasteiger partial charge in [0.25, 0.3) is 5.91 Å². The molecule has 0 radical (unpaired) electrons. The van der Waals surface area contributed by atoms with E-state index in [4.69, 9.17) is 9.26 Å². The number of methoxy groups -OCH3 is 1. The predicted molar refractivity (Wildman–Crippen MR) is 86.8 cm³/mol. The lowest BCUT2D eigenvalue weighted by Crippen LogP contribution is -2.17. The van der Waals surface area contributed by atoms with Crippen LogP contribution in [-0.4, -0.2) is 24.4 Å². The lowest BCUT2D eigenvalue weighted by Gasteiger charge is -2.07. The highest BCUT2D eigenvalue weighted by atomic mass is 16.5. The first-order chi connectivity index (χ1) is 11.2. The minimum Gasteiger partial charge on any atom is -0.496 e. The number of hydrazone groups is 1. The fourth-order valence-corrected chi connectivity index (χ4v) is 2.28. The van der Waals surface area contributed by atoms with Gasteiger partial charge in [0.1, 0.15) is 11.5 Å². The van der Waals surface area contributed by atoms with Gasteiger partial charge in [0.05, 0.1) is 13.3 Å². The maximum atomic E-state index is 11.8. The molecule has 0 aliphatic carbocycles. The van der Waals surface area contributed by atoms with Gasteiger partial charge in [-0.1, -0.05) is 29.4 Å². The number of ether oxygens (including phenoxy) is 1. The van der Waals surface area contributed by atoms with Crippen molar-refractivity contribution in [1.82, 2.24) is 10.6 Å². The molecule has 0 atom stereocenters. The fourth-order valence-electron chi connectivity index (χ4n) is 2.28. The standard InChI is InChI=1S/C17H15N3O3/c1-11-9-15(20-23-11)17(21)19-18-10-12-7-8-16(22-2)14-6-4-3-5-13(12)14/h3-10H,1-2H3,(H,19,21)/b18-10-. The number of carbonyl (C=O) groups is 1.